The van der Waals surface area contributed by atoms with E-state index in [2.05, 4.69) is 11.9 Å². The van der Waals surface area contributed by atoms with Crippen molar-refractivity contribution in [1.29, 1.82) is 0 Å². The molecule has 0 saturated carbocycles. The van der Waals surface area contributed by atoms with Crippen LogP contribution in [0.3, 0.4) is 0 Å². The van der Waals surface area contributed by atoms with Gasteiger partial charge in [0.25, 0.3) is 0 Å². The van der Waals surface area contributed by atoms with Crippen LogP contribution in [0.1, 0.15) is 38.8 Å². The van der Waals surface area contributed by atoms with Gasteiger partial charge in [0.1, 0.15) is 0 Å². The van der Waals surface area contributed by atoms with Crippen LogP contribution in [-0.4, -0.2) is 11.6 Å². The van der Waals surface area contributed by atoms with Crippen molar-refractivity contribution in [3.8, 4) is 0 Å². The Bertz CT molecular complexity index is 1090. The minimum Gasteiger partial charge on any atom is -0.359 e. The summed E-state index contributed by atoms with van der Waals surface area (Å²) in [5.41, 5.74) is 3.10. The molecule has 3 aromatic rings. The Morgan fingerprint density at radius 2 is 1.41 bits per heavy atom. The average Bonchev–Trinajstić information content (AvgIpc) is 2.67. The fourth-order valence-corrected chi connectivity index (χ4v) is 4.21. The Morgan fingerprint density at radius 3 is 2.04 bits per heavy atom. The minimum absolute atomic E-state index is 0.121. The number of hydrogen-bond donors (Lipinski definition) is 1. The summed E-state index contributed by atoms with van der Waals surface area (Å²) < 4.78 is 0. The van der Waals surface area contributed by atoms with Gasteiger partial charge in [-0.15, -0.1) is 0 Å². The number of carbonyl (C=O) groups is 2. The Morgan fingerprint density at radius 1 is 0.815 bits per heavy atom. The lowest BCUT2D eigenvalue weighted by atomic mass is 9.83. The zero-order valence-electron chi connectivity index (χ0n) is 14.8. The second kappa shape index (κ2) is 6.89. The molecule has 3 aromatic carbocycles. The van der Waals surface area contributed by atoms with Gasteiger partial charge in [-0.25, -0.2) is 0 Å². The minimum atomic E-state index is -0.139. The molecule has 0 heterocycles. The Hall–Kier alpha value is -3.11. The molecule has 0 atom stereocenters. The molecule has 0 spiro atoms. The molecule has 4 rings (SSSR count). The maximum atomic E-state index is 13.3. The van der Waals surface area contributed by atoms with Gasteiger partial charge in [0.05, 0.1) is 11.3 Å². The summed E-state index contributed by atoms with van der Waals surface area (Å²) in [5, 5.41) is 3.13. The van der Waals surface area contributed by atoms with Gasteiger partial charge in [0.2, 0.25) is 0 Å². The summed E-state index contributed by atoms with van der Waals surface area (Å²) in [4.78, 5) is 28.3. The molecule has 0 radical (unpaired) electrons. The standard InChI is InChI=1S/C23H17NO2S/c1-14(2)24-18-12-13-19(27-15-8-4-3-5-9-15)21-20(18)22(25)16-10-6-7-11-17(16)23(21)26/h3-13,24H,1H2,2H3. The van der Waals surface area contributed by atoms with E-state index in [1.165, 1.54) is 11.8 Å². The van der Waals surface area contributed by atoms with Crippen molar-refractivity contribution in [2.24, 2.45) is 0 Å². The highest BCUT2D eigenvalue weighted by Crippen LogP contribution is 2.40. The van der Waals surface area contributed by atoms with Crippen LogP contribution < -0.4 is 5.32 Å². The van der Waals surface area contributed by atoms with Gasteiger partial charge in [-0.2, -0.15) is 0 Å². The van der Waals surface area contributed by atoms with Crippen molar-refractivity contribution >= 4 is 29.0 Å². The lowest BCUT2D eigenvalue weighted by Gasteiger charge is -2.23. The molecule has 3 nitrogen and oxygen atoms in total. The highest BCUT2D eigenvalue weighted by molar-refractivity contribution is 7.99. The molecular weight excluding hydrogens is 354 g/mol. The zero-order chi connectivity index (χ0) is 19.0. The van der Waals surface area contributed by atoms with Gasteiger partial charge >= 0.3 is 0 Å². The van der Waals surface area contributed by atoms with Crippen molar-refractivity contribution < 1.29 is 9.59 Å². The molecular formula is C23H17NO2S. The summed E-state index contributed by atoms with van der Waals surface area (Å²) in [6, 6.07) is 20.6. The Balaban J connectivity index is 1.93. The number of nitrogens with one attached hydrogen (secondary N) is 1. The highest BCUT2D eigenvalue weighted by atomic mass is 32.2. The number of carbonyl (C=O) groups excluding carboxylic acids is 2. The number of hydrogen-bond acceptors (Lipinski definition) is 4. The van der Waals surface area contributed by atoms with Crippen molar-refractivity contribution in [2.45, 2.75) is 16.7 Å². The number of benzene rings is 3. The monoisotopic (exact) mass is 371 g/mol. The molecule has 4 heteroatoms. The van der Waals surface area contributed by atoms with Gasteiger partial charge in [-0.1, -0.05) is 60.8 Å². The van der Waals surface area contributed by atoms with Crippen LogP contribution >= 0.6 is 11.8 Å². The van der Waals surface area contributed by atoms with Crippen LogP contribution in [0.25, 0.3) is 0 Å². The first kappa shape index (κ1) is 17.3. The van der Waals surface area contributed by atoms with Crippen molar-refractivity contribution in [3.05, 3.63) is 101 Å². The summed E-state index contributed by atoms with van der Waals surface area (Å²) in [5.74, 6) is -0.261. The molecule has 132 valence electrons. The lowest BCUT2D eigenvalue weighted by Crippen LogP contribution is -2.23. The Labute approximate surface area is 162 Å². The van der Waals surface area contributed by atoms with Crippen LogP contribution in [-0.2, 0) is 0 Å². The molecule has 0 fully saturated rings. The fourth-order valence-electron chi connectivity index (χ4n) is 3.23. The van der Waals surface area contributed by atoms with Gasteiger partial charge < -0.3 is 5.32 Å². The highest BCUT2D eigenvalue weighted by Gasteiger charge is 2.33. The van der Waals surface area contributed by atoms with Crippen LogP contribution in [0.15, 0.2) is 88.8 Å². The smallest absolute Gasteiger partial charge is 0.196 e. The third-order valence-electron chi connectivity index (χ3n) is 4.36. The SMILES string of the molecule is C=C(C)Nc1ccc(Sc2ccccc2)c2c1C(=O)c1ccccc1C2=O. The second-order valence-electron chi connectivity index (χ2n) is 6.39. The number of fused-ring (bicyclic) bond motifs is 2. The number of ketones is 2. The summed E-state index contributed by atoms with van der Waals surface area (Å²) in [6.07, 6.45) is 0. The van der Waals surface area contributed by atoms with E-state index in [1.807, 2.05) is 49.4 Å². The topological polar surface area (TPSA) is 46.2 Å². The number of anilines is 1. The van der Waals surface area contributed by atoms with Crippen LogP contribution in [0, 0.1) is 0 Å². The molecule has 0 saturated heterocycles. The molecule has 0 amide bonds. The molecule has 0 unspecified atom stereocenters. The summed E-state index contributed by atoms with van der Waals surface area (Å²) in [7, 11) is 0. The third kappa shape index (κ3) is 3.09. The largest absolute Gasteiger partial charge is 0.359 e. The van der Waals surface area contributed by atoms with Gasteiger partial charge in [-0.05, 0) is 31.2 Å². The summed E-state index contributed by atoms with van der Waals surface area (Å²) in [6.45, 7) is 5.69. The zero-order valence-corrected chi connectivity index (χ0v) is 15.6. The van der Waals surface area contributed by atoms with Gasteiger partial charge in [-0.3, -0.25) is 9.59 Å². The van der Waals surface area contributed by atoms with E-state index in [0.29, 0.717) is 33.6 Å². The van der Waals surface area contributed by atoms with Gasteiger partial charge in [0.15, 0.2) is 11.6 Å². The fraction of sp³-hybridized carbons (Fsp3) is 0.0435. The maximum Gasteiger partial charge on any atom is 0.196 e. The van der Waals surface area contributed by atoms with E-state index in [1.54, 1.807) is 24.3 Å². The molecule has 27 heavy (non-hydrogen) atoms. The Kier molecular flexibility index (Phi) is 4.42. The van der Waals surface area contributed by atoms with Crippen molar-refractivity contribution in [2.75, 3.05) is 5.32 Å². The van der Waals surface area contributed by atoms with Crippen LogP contribution in [0.2, 0.25) is 0 Å². The molecule has 1 N–H and O–H groups in total. The first-order valence-corrected chi connectivity index (χ1v) is 9.39. The lowest BCUT2D eigenvalue weighted by molar-refractivity contribution is 0.0977. The average molecular weight is 371 g/mol. The molecule has 0 aliphatic heterocycles. The molecule has 1 aliphatic carbocycles. The molecule has 1 aliphatic rings. The van der Waals surface area contributed by atoms with Crippen LogP contribution in [0.5, 0.6) is 0 Å². The van der Waals surface area contributed by atoms with Crippen LogP contribution in [0.4, 0.5) is 5.69 Å². The quantitative estimate of drug-likeness (QED) is 0.510. The maximum absolute atomic E-state index is 13.3. The third-order valence-corrected chi connectivity index (χ3v) is 5.42. The molecule has 0 bridgehead atoms. The molecule has 0 aromatic heterocycles. The van der Waals surface area contributed by atoms with E-state index in [9.17, 15) is 9.59 Å². The van der Waals surface area contributed by atoms with E-state index in [-0.39, 0.29) is 11.6 Å². The number of rotatable bonds is 4. The second-order valence-corrected chi connectivity index (χ2v) is 7.50. The predicted octanol–water partition coefficient (Wildman–Crippen LogP) is 5.56. The van der Waals surface area contributed by atoms with Crippen molar-refractivity contribution in [1.82, 2.24) is 0 Å². The van der Waals surface area contributed by atoms with E-state index in [4.69, 9.17) is 0 Å². The van der Waals surface area contributed by atoms with E-state index in [0.717, 1.165) is 9.79 Å². The van der Waals surface area contributed by atoms with E-state index < -0.39 is 0 Å². The number of allylic oxidation sites excluding steroid dienone is 1. The van der Waals surface area contributed by atoms with Gasteiger partial charge in [0, 0.05) is 32.2 Å². The van der Waals surface area contributed by atoms with E-state index >= 15 is 0 Å². The normalized spacial score (nSPS) is 12.3. The summed E-state index contributed by atoms with van der Waals surface area (Å²) >= 11 is 1.49. The van der Waals surface area contributed by atoms with Crippen molar-refractivity contribution in [3.63, 3.8) is 0 Å². The predicted molar refractivity (Wildman–Crippen MR) is 109 cm³/mol. The first-order chi connectivity index (χ1) is 13.1. The first-order valence-electron chi connectivity index (χ1n) is 8.57.